The van der Waals surface area contributed by atoms with Gasteiger partial charge in [-0.3, -0.25) is 4.79 Å². The van der Waals surface area contributed by atoms with Gasteiger partial charge in [-0.1, -0.05) is 54.7 Å². The molecule has 0 aromatic heterocycles. The van der Waals surface area contributed by atoms with E-state index in [4.69, 9.17) is 0 Å². The Morgan fingerprint density at radius 1 is 1.19 bits per heavy atom. The van der Waals surface area contributed by atoms with Gasteiger partial charge in [0.05, 0.1) is 6.04 Å². The number of para-hydroxylation sites is 1. The average Bonchev–Trinajstić information content (AvgIpc) is 2.64. The Morgan fingerprint density at radius 2 is 1.90 bits per heavy atom. The van der Waals surface area contributed by atoms with E-state index in [-0.39, 0.29) is 23.8 Å². The van der Waals surface area contributed by atoms with Crippen LogP contribution in [0, 0.1) is 11.8 Å². The van der Waals surface area contributed by atoms with Crippen LogP contribution in [0.25, 0.3) is 0 Å². The number of carbonyl (C=O) groups excluding carboxylic acids is 1. The van der Waals surface area contributed by atoms with E-state index in [0.29, 0.717) is 6.54 Å². The van der Waals surface area contributed by atoms with Gasteiger partial charge in [0, 0.05) is 24.1 Å². The van der Waals surface area contributed by atoms with Crippen LogP contribution in [-0.2, 0) is 4.79 Å². The number of hydrogen-bond acceptors (Lipinski definition) is 2. The zero-order valence-electron chi connectivity index (χ0n) is 12.2. The zero-order chi connectivity index (χ0) is 14.8. The van der Waals surface area contributed by atoms with Gasteiger partial charge >= 0.3 is 0 Å². The molecule has 1 aromatic carbocycles. The highest BCUT2D eigenvalue weighted by Gasteiger charge is 2.39. The fourth-order valence-corrected chi connectivity index (χ4v) is 3.21. The van der Waals surface area contributed by atoms with Crippen molar-refractivity contribution in [2.24, 2.45) is 11.8 Å². The van der Waals surface area contributed by atoms with Crippen LogP contribution in [0.3, 0.4) is 0 Å². The van der Waals surface area contributed by atoms with Crippen LogP contribution in [0.5, 0.6) is 0 Å². The summed E-state index contributed by atoms with van der Waals surface area (Å²) in [4.78, 5) is 14.8. The van der Waals surface area contributed by atoms with Crippen LogP contribution in [0.4, 0.5) is 5.69 Å². The van der Waals surface area contributed by atoms with Crippen LogP contribution in [0.1, 0.15) is 0 Å². The second-order valence-corrected chi connectivity index (χ2v) is 5.56. The van der Waals surface area contributed by atoms with E-state index in [1.54, 1.807) is 0 Å². The summed E-state index contributed by atoms with van der Waals surface area (Å²) in [5.41, 5.74) is 2.01. The number of nitrogens with zero attached hydrogens (tertiary/aromatic N) is 1. The van der Waals surface area contributed by atoms with E-state index >= 15 is 0 Å². The molecule has 1 amide bonds. The van der Waals surface area contributed by atoms with Gasteiger partial charge in [-0.05, 0) is 19.2 Å². The molecule has 0 saturated carbocycles. The van der Waals surface area contributed by atoms with Gasteiger partial charge < -0.3 is 10.2 Å². The number of hydrogen-bond donors (Lipinski definition) is 1. The summed E-state index contributed by atoms with van der Waals surface area (Å²) >= 11 is 0. The van der Waals surface area contributed by atoms with Crippen LogP contribution in [-0.4, -0.2) is 25.5 Å². The summed E-state index contributed by atoms with van der Waals surface area (Å²) in [6, 6.07) is 9.59. The van der Waals surface area contributed by atoms with Crippen LogP contribution >= 0.6 is 0 Å². The van der Waals surface area contributed by atoms with Crippen molar-refractivity contribution in [1.82, 2.24) is 5.32 Å². The Hall–Kier alpha value is -2.13. The maximum Gasteiger partial charge on any atom is 0.245 e. The SMILES string of the molecule is C=C1CN(c2ccccc2)C(=O)C(NC)C2C=CC=CC12. The predicted molar refractivity (Wildman–Crippen MR) is 86.0 cm³/mol. The molecule has 3 rings (SSSR count). The topological polar surface area (TPSA) is 32.3 Å². The first-order valence-electron chi connectivity index (χ1n) is 7.28. The molecular formula is C18H20N2O. The standard InChI is InChI=1S/C18H20N2O/c1-13-12-20(14-8-4-3-5-9-14)18(21)17(19-2)16-11-7-6-10-15(13)16/h3-11,15-17,19H,1,12H2,2H3. The second kappa shape index (κ2) is 5.70. The number of rotatable bonds is 2. The molecule has 1 aromatic rings. The Labute approximate surface area is 125 Å². The van der Waals surface area contributed by atoms with Crippen molar-refractivity contribution in [3.8, 4) is 0 Å². The lowest BCUT2D eigenvalue weighted by molar-refractivity contribution is -0.121. The minimum absolute atomic E-state index is 0.109. The molecule has 3 heteroatoms. The Bertz CT molecular complexity index is 603. The van der Waals surface area contributed by atoms with Crippen LogP contribution in [0.15, 0.2) is 66.8 Å². The molecule has 1 N–H and O–H groups in total. The van der Waals surface area contributed by atoms with Crippen molar-refractivity contribution >= 4 is 11.6 Å². The smallest absolute Gasteiger partial charge is 0.245 e. The Balaban J connectivity index is 2.01. The van der Waals surface area contributed by atoms with Crippen molar-refractivity contribution in [2.75, 3.05) is 18.5 Å². The van der Waals surface area contributed by atoms with Crippen molar-refractivity contribution in [3.05, 3.63) is 66.8 Å². The second-order valence-electron chi connectivity index (χ2n) is 5.56. The average molecular weight is 280 g/mol. The molecule has 108 valence electrons. The summed E-state index contributed by atoms with van der Waals surface area (Å²) < 4.78 is 0. The normalized spacial score (nSPS) is 28.4. The van der Waals surface area contributed by atoms with E-state index < -0.39 is 0 Å². The van der Waals surface area contributed by atoms with Crippen molar-refractivity contribution in [3.63, 3.8) is 0 Å². The van der Waals surface area contributed by atoms with E-state index in [1.807, 2.05) is 54.4 Å². The minimum Gasteiger partial charge on any atom is -0.308 e. The minimum atomic E-state index is -0.226. The molecular weight excluding hydrogens is 260 g/mol. The first-order valence-corrected chi connectivity index (χ1v) is 7.28. The molecule has 1 aliphatic heterocycles. The molecule has 3 atom stereocenters. The molecule has 1 saturated heterocycles. The Kier molecular flexibility index (Phi) is 3.76. The number of carbonyl (C=O) groups is 1. The van der Waals surface area contributed by atoms with Gasteiger partial charge in [-0.25, -0.2) is 0 Å². The first-order chi connectivity index (χ1) is 10.2. The van der Waals surface area contributed by atoms with Gasteiger partial charge in [0.2, 0.25) is 5.91 Å². The summed E-state index contributed by atoms with van der Waals surface area (Å²) in [6.07, 6.45) is 8.33. The van der Waals surface area contributed by atoms with Gasteiger partial charge in [-0.15, -0.1) is 0 Å². The molecule has 0 bridgehead atoms. The third-order valence-corrected chi connectivity index (χ3v) is 4.31. The monoisotopic (exact) mass is 280 g/mol. The number of nitrogens with one attached hydrogen (secondary N) is 1. The third kappa shape index (κ3) is 2.45. The summed E-state index contributed by atoms with van der Waals surface area (Å²) in [6.45, 7) is 4.80. The summed E-state index contributed by atoms with van der Waals surface area (Å²) in [5, 5.41) is 3.20. The number of benzene rings is 1. The first kappa shape index (κ1) is 13.8. The van der Waals surface area contributed by atoms with Gasteiger partial charge in [0.15, 0.2) is 0 Å². The molecule has 21 heavy (non-hydrogen) atoms. The van der Waals surface area contributed by atoms with Gasteiger partial charge in [0.1, 0.15) is 0 Å². The lowest BCUT2D eigenvalue weighted by atomic mass is 9.80. The lowest BCUT2D eigenvalue weighted by Crippen LogP contribution is -2.48. The highest BCUT2D eigenvalue weighted by molar-refractivity contribution is 5.98. The molecule has 0 radical (unpaired) electrons. The molecule has 1 heterocycles. The van der Waals surface area contributed by atoms with Crippen molar-refractivity contribution < 1.29 is 4.79 Å². The number of anilines is 1. The zero-order valence-corrected chi connectivity index (χ0v) is 12.2. The predicted octanol–water partition coefficient (Wildman–Crippen LogP) is 2.54. The number of amides is 1. The quantitative estimate of drug-likeness (QED) is 0.844. The van der Waals surface area contributed by atoms with Crippen LogP contribution < -0.4 is 10.2 Å². The van der Waals surface area contributed by atoms with Crippen molar-refractivity contribution in [1.29, 1.82) is 0 Å². The Morgan fingerprint density at radius 3 is 2.62 bits per heavy atom. The highest BCUT2D eigenvalue weighted by atomic mass is 16.2. The van der Waals surface area contributed by atoms with Crippen molar-refractivity contribution in [2.45, 2.75) is 6.04 Å². The molecule has 3 unspecified atom stereocenters. The number of allylic oxidation sites excluding steroid dienone is 3. The molecule has 1 aliphatic carbocycles. The molecule has 2 aliphatic rings. The molecule has 0 spiro atoms. The number of likely N-dealkylation sites (N-methyl/N-ethyl adjacent to an activating group) is 1. The lowest BCUT2D eigenvalue weighted by Gasteiger charge is -2.28. The van der Waals surface area contributed by atoms with Crippen LogP contribution in [0.2, 0.25) is 0 Å². The number of fused-ring (bicyclic) bond motifs is 1. The fraction of sp³-hybridized carbons (Fsp3) is 0.278. The van der Waals surface area contributed by atoms with E-state index in [9.17, 15) is 4.79 Å². The third-order valence-electron chi connectivity index (χ3n) is 4.31. The summed E-state index contributed by atoms with van der Waals surface area (Å²) in [5.74, 6) is 0.455. The largest absolute Gasteiger partial charge is 0.308 e. The maximum atomic E-state index is 12.9. The maximum absolute atomic E-state index is 12.9. The fourth-order valence-electron chi connectivity index (χ4n) is 3.21. The van der Waals surface area contributed by atoms with Gasteiger partial charge in [-0.2, -0.15) is 0 Å². The van der Waals surface area contributed by atoms with E-state index in [0.717, 1.165) is 11.3 Å². The highest BCUT2D eigenvalue weighted by Crippen LogP contribution is 2.34. The van der Waals surface area contributed by atoms with Gasteiger partial charge in [0.25, 0.3) is 0 Å². The molecule has 1 fully saturated rings. The summed E-state index contributed by atoms with van der Waals surface area (Å²) in [7, 11) is 1.85. The van der Waals surface area contributed by atoms with E-state index in [1.165, 1.54) is 0 Å². The molecule has 3 nitrogen and oxygen atoms in total. The van der Waals surface area contributed by atoms with E-state index in [2.05, 4.69) is 24.0 Å².